The van der Waals surface area contributed by atoms with Gasteiger partial charge >= 0.3 is 0 Å². The number of hydrogen-bond donors (Lipinski definition) is 2. The minimum Gasteiger partial charge on any atom is -0.384 e. The highest BCUT2D eigenvalue weighted by Crippen LogP contribution is 2.02. The van der Waals surface area contributed by atoms with Crippen molar-refractivity contribution in [2.75, 3.05) is 13.7 Å². The van der Waals surface area contributed by atoms with E-state index in [0.29, 0.717) is 19.6 Å². The van der Waals surface area contributed by atoms with E-state index in [-0.39, 0.29) is 11.8 Å². The Kier molecular flexibility index (Phi) is 4.90. The van der Waals surface area contributed by atoms with Crippen LogP contribution >= 0.6 is 0 Å². The van der Waals surface area contributed by atoms with Crippen molar-refractivity contribution in [1.82, 2.24) is 10.3 Å². The molecule has 84 valence electrons. The highest BCUT2D eigenvalue weighted by molar-refractivity contribution is 5.76. The third-order valence-corrected chi connectivity index (χ3v) is 2.14. The maximum absolute atomic E-state index is 11.4. The molecule has 1 rings (SSSR count). The van der Waals surface area contributed by atoms with Crippen molar-refractivity contribution in [1.29, 1.82) is 0 Å². The molecule has 0 bridgehead atoms. The van der Waals surface area contributed by atoms with Crippen LogP contribution in [0, 0.1) is 5.92 Å². The molecule has 0 spiro atoms. The lowest BCUT2D eigenvalue weighted by molar-refractivity contribution is -0.122. The van der Waals surface area contributed by atoms with E-state index in [4.69, 9.17) is 4.74 Å². The molecule has 0 fully saturated rings. The highest BCUT2D eigenvalue weighted by atomic mass is 16.5. The molecule has 1 amide bonds. The van der Waals surface area contributed by atoms with Gasteiger partial charge in [-0.1, -0.05) is 6.92 Å². The van der Waals surface area contributed by atoms with Gasteiger partial charge in [-0.25, -0.2) is 0 Å². The number of amides is 1. The molecule has 4 heteroatoms. The predicted octanol–water partition coefficient (Wildman–Crippen LogP) is 1.30. The summed E-state index contributed by atoms with van der Waals surface area (Å²) in [4.78, 5) is 14.4. The fourth-order valence-corrected chi connectivity index (χ4v) is 1.40. The Hall–Kier alpha value is -1.29. The summed E-state index contributed by atoms with van der Waals surface area (Å²) >= 11 is 0. The molecule has 4 nitrogen and oxygen atoms in total. The first-order valence-corrected chi connectivity index (χ1v) is 5.09. The maximum atomic E-state index is 11.4. The van der Waals surface area contributed by atoms with Crippen molar-refractivity contribution in [2.45, 2.75) is 19.9 Å². The molecule has 1 aromatic rings. The van der Waals surface area contributed by atoms with E-state index in [1.807, 2.05) is 25.4 Å². The molecule has 0 saturated carbocycles. The molecular weight excluding hydrogens is 192 g/mol. The fraction of sp³-hybridized carbons (Fsp3) is 0.545. The van der Waals surface area contributed by atoms with E-state index < -0.39 is 0 Å². The minimum absolute atomic E-state index is 0.0701. The van der Waals surface area contributed by atoms with Gasteiger partial charge in [-0.2, -0.15) is 0 Å². The number of hydrogen-bond acceptors (Lipinski definition) is 2. The lowest BCUT2D eigenvalue weighted by Crippen LogP contribution is -2.25. The summed E-state index contributed by atoms with van der Waals surface area (Å²) < 4.78 is 4.97. The first-order valence-electron chi connectivity index (χ1n) is 5.09. The lowest BCUT2D eigenvalue weighted by atomic mass is 10.1. The average Bonchev–Trinajstić information content (AvgIpc) is 2.67. The quantitative estimate of drug-likeness (QED) is 0.743. The smallest absolute Gasteiger partial charge is 0.220 e. The van der Waals surface area contributed by atoms with Crippen LogP contribution in [0.25, 0.3) is 0 Å². The molecule has 0 aliphatic rings. The van der Waals surface area contributed by atoms with E-state index in [0.717, 1.165) is 5.56 Å². The van der Waals surface area contributed by atoms with Crippen LogP contribution < -0.4 is 5.32 Å². The Morgan fingerprint density at radius 3 is 3.07 bits per heavy atom. The monoisotopic (exact) mass is 210 g/mol. The Morgan fingerprint density at radius 1 is 1.67 bits per heavy atom. The number of H-pyrrole nitrogens is 1. The van der Waals surface area contributed by atoms with Gasteiger partial charge in [0.15, 0.2) is 0 Å². The molecule has 0 radical (unpaired) electrons. The van der Waals surface area contributed by atoms with E-state index in [9.17, 15) is 4.79 Å². The van der Waals surface area contributed by atoms with E-state index in [1.165, 1.54) is 0 Å². The van der Waals surface area contributed by atoms with Crippen LogP contribution in [0.4, 0.5) is 0 Å². The van der Waals surface area contributed by atoms with Crippen molar-refractivity contribution in [3.8, 4) is 0 Å². The topological polar surface area (TPSA) is 54.1 Å². The predicted molar refractivity (Wildman–Crippen MR) is 58.3 cm³/mol. The second-order valence-corrected chi connectivity index (χ2v) is 3.76. The molecule has 1 aromatic heterocycles. The zero-order valence-electron chi connectivity index (χ0n) is 9.25. The number of rotatable bonds is 6. The van der Waals surface area contributed by atoms with Gasteiger partial charge in [0, 0.05) is 39.1 Å². The molecule has 0 saturated heterocycles. The summed E-state index contributed by atoms with van der Waals surface area (Å²) in [5, 5.41) is 2.86. The normalized spacial score (nSPS) is 12.4. The van der Waals surface area contributed by atoms with Crippen LogP contribution in [-0.4, -0.2) is 24.6 Å². The number of nitrogens with one attached hydrogen (secondary N) is 2. The standard InChI is InChI=1S/C11H18N2O2/c1-9(8-15-2)5-11(14)13-7-10-3-4-12-6-10/h3-4,6,9,12H,5,7-8H2,1-2H3,(H,13,14). The third kappa shape index (κ3) is 4.65. The first kappa shape index (κ1) is 11.8. The number of aromatic nitrogens is 1. The van der Waals surface area contributed by atoms with Gasteiger partial charge in [-0.3, -0.25) is 4.79 Å². The van der Waals surface area contributed by atoms with Crippen molar-refractivity contribution in [2.24, 2.45) is 5.92 Å². The summed E-state index contributed by atoms with van der Waals surface area (Å²) in [6, 6.07) is 1.94. The molecular formula is C11H18N2O2. The van der Waals surface area contributed by atoms with E-state index in [1.54, 1.807) is 7.11 Å². The van der Waals surface area contributed by atoms with Crippen LogP contribution in [0.3, 0.4) is 0 Å². The molecule has 2 N–H and O–H groups in total. The number of aromatic amines is 1. The highest BCUT2D eigenvalue weighted by Gasteiger charge is 2.08. The summed E-state index contributed by atoms with van der Waals surface area (Å²) in [7, 11) is 1.65. The van der Waals surface area contributed by atoms with Gasteiger partial charge < -0.3 is 15.0 Å². The summed E-state index contributed by atoms with van der Waals surface area (Å²) in [5.74, 6) is 0.335. The van der Waals surface area contributed by atoms with E-state index >= 15 is 0 Å². The molecule has 1 atom stereocenters. The lowest BCUT2D eigenvalue weighted by Gasteiger charge is -2.09. The average molecular weight is 210 g/mol. The zero-order chi connectivity index (χ0) is 11.1. The van der Waals surface area contributed by atoms with Gasteiger partial charge in [0.1, 0.15) is 0 Å². The molecule has 0 aliphatic heterocycles. The van der Waals surface area contributed by atoms with Crippen molar-refractivity contribution in [3.05, 3.63) is 24.0 Å². The number of carbonyl (C=O) groups excluding carboxylic acids is 1. The summed E-state index contributed by atoms with van der Waals surface area (Å²) in [5.41, 5.74) is 1.09. The first-order chi connectivity index (χ1) is 7.22. The Morgan fingerprint density at radius 2 is 2.47 bits per heavy atom. The third-order valence-electron chi connectivity index (χ3n) is 2.14. The second-order valence-electron chi connectivity index (χ2n) is 3.76. The van der Waals surface area contributed by atoms with Gasteiger partial charge in [0.25, 0.3) is 0 Å². The summed E-state index contributed by atoms with van der Waals surface area (Å²) in [6.07, 6.45) is 4.23. The largest absolute Gasteiger partial charge is 0.384 e. The van der Waals surface area contributed by atoms with Crippen molar-refractivity contribution in [3.63, 3.8) is 0 Å². The minimum atomic E-state index is 0.0701. The second kappa shape index (κ2) is 6.24. The zero-order valence-corrected chi connectivity index (χ0v) is 9.25. The van der Waals surface area contributed by atoms with Crippen LogP contribution in [0.2, 0.25) is 0 Å². The maximum Gasteiger partial charge on any atom is 0.220 e. The molecule has 15 heavy (non-hydrogen) atoms. The number of methoxy groups -OCH3 is 1. The molecule has 0 aromatic carbocycles. The molecule has 1 heterocycles. The van der Waals surface area contributed by atoms with Crippen molar-refractivity contribution < 1.29 is 9.53 Å². The molecule has 1 unspecified atom stereocenters. The molecule has 0 aliphatic carbocycles. The van der Waals surface area contributed by atoms with Gasteiger partial charge in [-0.05, 0) is 17.5 Å². The Balaban J connectivity index is 2.19. The van der Waals surface area contributed by atoms with Gasteiger partial charge in [-0.15, -0.1) is 0 Å². The van der Waals surface area contributed by atoms with E-state index in [2.05, 4.69) is 10.3 Å². The van der Waals surface area contributed by atoms with Crippen LogP contribution in [0.15, 0.2) is 18.5 Å². The van der Waals surface area contributed by atoms with Crippen LogP contribution in [0.5, 0.6) is 0 Å². The Labute approximate surface area is 90.0 Å². The van der Waals surface area contributed by atoms with Crippen LogP contribution in [-0.2, 0) is 16.1 Å². The van der Waals surface area contributed by atoms with Gasteiger partial charge in [0.2, 0.25) is 5.91 Å². The SMILES string of the molecule is COCC(C)CC(=O)NCc1cc[nH]c1. The number of ether oxygens (including phenoxy) is 1. The summed E-state index contributed by atoms with van der Waals surface area (Å²) in [6.45, 7) is 3.21. The fourth-order valence-electron chi connectivity index (χ4n) is 1.40. The Bertz CT molecular complexity index is 283. The van der Waals surface area contributed by atoms with Crippen LogP contribution in [0.1, 0.15) is 18.9 Å². The van der Waals surface area contributed by atoms with Gasteiger partial charge in [0.05, 0.1) is 0 Å². The van der Waals surface area contributed by atoms with Crippen molar-refractivity contribution >= 4 is 5.91 Å². The number of carbonyl (C=O) groups is 1.